The van der Waals surface area contributed by atoms with E-state index in [9.17, 15) is 17.6 Å². The molecule has 2 aromatic carbocycles. The highest BCUT2D eigenvalue weighted by Gasteiger charge is 2.30. The molecule has 1 atom stereocenters. The van der Waals surface area contributed by atoms with Crippen molar-refractivity contribution in [1.29, 1.82) is 0 Å². The van der Waals surface area contributed by atoms with E-state index in [0.29, 0.717) is 26.2 Å². The minimum atomic E-state index is -3.65. The van der Waals surface area contributed by atoms with E-state index < -0.39 is 15.8 Å². The number of sulfonamides is 1. The highest BCUT2D eigenvalue weighted by molar-refractivity contribution is 7.89. The molecule has 156 valence electrons. The van der Waals surface area contributed by atoms with Crippen LogP contribution in [0.25, 0.3) is 0 Å². The molecule has 1 saturated heterocycles. The average Bonchev–Trinajstić information content (AvgIpc) is 2.74. The number of carbonyl (C=O) groups excluding carboxylic acids is 1. The fourth-order valence-corrected chi connectivity index (χ4v) is 4.78. The van der Waals surface area contributed by atoms with Gasteiger partial charge in [-0.2, -0.15) is 4.31 Å². The molecule has 0 aliphatic carbocycles. The van der Waals surface area contributed by atoms with Crippen molar-refractivity contribution in [3.05, 3.63) is 66.0 Å². The molecule has 0 spiro atoms. The van der Waals surface area contributed by atoms with Gasteiger partial charge in [0.2, 0.25) is 15.9 Å². The first kappa shape index (κ1) is 21.4. The number of hydrogen-bond acceptors (Lipinski definition) is 4. The summed E-state index contributed by atoms with van der Waals surface area (Å²) in [5.74, 6) is -0.475. The molecule has 29 heavy (non-hydrogen) atoms. The van der Waals surface area contributed by atoms with Gasteiger partial charge in [0.05, 0.1) is 17.5 Å². The van der Waals surface area contributed by atoms with E-state index in [2.05, 4.69) is 0 Å². The van der Waals surface area contributed by atoms with E-state index in [0.717, 1.165) is 17.7 Å². The third kappa shape index (κ3) is 5.01. The van der Waals surface area contributed by atoms with E-state index in [4.69, 9.17) is 0 Å². The predicted molar refractivity (Wildman–Crippen MR) is 109 cm³/mol. The van der Waals surface area contributed by atoms with Crippen LogP contribution in [-0.4, -0.2) is 68.2 Å². The predicted octanol–water partition coefficient (Wildman–Crippen LogP) is 2.35. The first-order chi connectivity index (χ1) is 13.8. The number of rotatable bonds is 6. The Bertz CT molecular complexity index is 927. The van der Waals surface area contributed by atoms with Crippen molar-refractivity contribution in [2.24, 2.45) is 0 Å². The minimum Gasteiger partial charge on any atom is -0.338 e. The van der Waals surface area contributed by atoms with Crippen molar-refractivity contribution >= 4 is 15.9 Å². The lowest BCUT2D eigenvalue weighted by atomic mass is 10.1. The Balaban J connectivity index is 1.55. The normalized spacial score (nSPS) is 17.1. The maximum Gasteiger partial charge on any atom is 0.243 e. The maximum absolute atomic E-state index is 13.1. The molecule has 0 saturated carbocycles. The molecule has 0 bridgehead atoms. The van der Waals surface area contributed by atoms with Gasteiger partial charge in [-0.1, -0.05) is 30.3 Å². The molecule has 1 aliphatic heterocycles. The van der Waals surface area contributed by atoms with Crippen LogP contribution in [0.4, 0.5) is 4.39 Å². The Morgan fingerprint density at radius 1 is 1.03 bits per heavy atom. The summed E-state index contributed by atoms with van der Waals surface area (Å²) >= 11 is 0. The summed E-state index contributed by atoms with van der Waals surface area (Å²) in [5.41, 5.74) is 1.07. The number of hydrogen-bond donors (Lipinski definition) is 0. The number of likely N-dealkylation sites (N-methyl/N-ethyl adjacent to an activating group) is 1. The molecule has 8 heteroatoms. The molecular weight excluding hydrogens is 393 g/mol. The summed E-state index contributed by atoms with van der Waals surface area (Å²) < 4.78 is 39.8. The van der Waals surface area contributed by atoms with E-state index >= 15 is 0 Å². The van der Waals surface area contributed by atoms with Crippen LogP contribution in [0.3, 0.4) is 0 Å². The van der Waals surface area contributed by atoms with Gasteiger partial charge in [-0.15, -0.1) is 0 Å². The van der Waals surface area contributed by atoms with Crippen molar-refractivity contribution in [2.45, 2.75) is 17.9 Å². The number of piperazine rings is 1. The monoisotopic (exact) mass is 419 g/mol. The van der Waals surface area contributed by atoms with Gasteiger partial charge in [-0.3, -0.25) is 9.69 Å². The maximum atomic E-state index is 13.1. The summed E-state index contributed by atoms with van der Waals surface area (Å²) in [4.78, 5) is 16.4. The van der Waals surface area contributed by atoms with Gasteiger partial charge in [-0.05, 0) is 36.8 Å². The van der Waals surface area contributed by atoms with Crippen LogP contribution in [0, 0.1) is 5.82 Å². The standard InChI is InChI=1S/C21H26FN3O3S/c1-17(18-6-4-3-5-7-18)23(2)21(26)16-24-12-14-25(15-13-24)29(27,28)20-10-8-19(22)9-11-20/h3-11,17H,12-16H2,1-2H3/t17-/m0/s1. The highest BCUT2D eigenvalue weighted by Crippen LogP contribution is 2.20. The minimum absolute atomic E-state index is 0.00352. The molecule has 0 unspecified atom stereocenters. The molecule has 1 fully saturated rings. The van der Waals surface area contributed by atoms with Crippen molar-refractivity contribution < 1.29 is 17.6 Å². The summed E-state index contributed by atoms with van der Waals surface area (Å²) in [6, 6.07) is 14.6. The van der Waals surface area contributed by atoms with Crippen LogP contribution in [0.2, 0.25) is 0 Å². The number of benzene rings is 2. The van der Waals surface area contributed by atoms with Crippen molar-refractivity contribution in [1.82, 2.24) is 14.1 Å². The summed E-state index contributed by atoms with van der Waals surface area (Å²) in [5, 5.41) is 0. The van der Waals surface area contributed by atoms with Gasteiger partial charge < -0.3 is 4.90 Å². The lowest BCUT2D eigenvalue weighted by Gasteiger charge is -2.35. The quantitative estimate of drug-likeness (QED) is 0.721. The van der Waals surface area contributed by atoms with Crippen molar-refractivity contribution in [2.75, 3.05) is 39.8 Å². The molecule has 0 aromatic heterocycles. The van der Waals surface area contributed by atoms with E-state index in [-0.39, 0.29) is 23.4 Å². The second kappa shape index (κ2) is 9.02. The zero-order valence-corrected chi connectivity index (χ0v) is 17.5. The molecular formula is C21H26FN3O3S. The van der Waals surface area contributed by atoms with Crippen LogP contribution in [0.1, 0.15) is 18.5 Å². The SMILES string of the molecule is C[C@@H](c1ccccc1)N(C)C(=O)CN1CCN(S(=O)(=O)c2ccc(F)cc2)CC1. The first-order valence-corrected chi connectivity index (χ1v) is 11.0. The van der Waals surface area contributed by atoms with E-state index in [1.807, 2.05) is 42.2 Å². The number of amides is 1. The molecule has 6 nitrogen and oxygen atoms in total. The zero-order chi connectivity index (χ0) is 21.0. The molecule has 3 rings (SSSR count). The molecule has 1 aliphatic rings. The number of carbonyl (C=O) groups is 1. The topological polar surface area (TPSA) is 60.9 Å². The summed E-state index contributed by atoms with van der Waals surface area (Å²) in [6.07, 6.45) is 0. The van der Waals surface area contributed by atoms with Crippen molar-refractivity contribution in [3.8, 4) is 0 Å². The third-order valence-corrected chi connectivity index (χ3v) is 7.31. The van der Waals surface area contributed by atoms with Crippen molar-refractivity contribution in [3.63, 3.8) is 0 Å². The Morgan fingerprint density at radius 3 is 2.21 bits per heavy atom. The second-order valence-electron chi connectivity index (χ2n) is 7.23. The van der Waals surface area contributed by atoms with Gasteiger partial charge >= 0.3 is 0 Å². The molecule has 1 amide bonds. The van der Waals surface area contributed by atoms with E-state index in [1.165, 1.54) is 16.4 Å². The van der Waals surface area contributed by atoms with Gasteiger partial charge in [0.1, 0.15) is 5.82 Å². The Labute approximate surface area is 171 Å². The van der Waals surface area contributed by atoms with Gasteiger partial charge in [0.15, 0.2) is 0 Å². The van der Waals surface area contributed by atoms with Gasteiger partial charge in [-0.25, -0.2) is 12.8 Å². The lowest BCUT2D eigenvalue weighted by molar-refractivity contribution is -0.133. The lowest BCUT2D eigenvalue weighted by Crippen LogP contribution is -2.51. The molecule has 1 heterocycles. The zero-order valence-electron chi connectivity index (χ0n) is 16.7. The highest BCUT2D eigenvalue weighted by atomic mass is 32.2. The van der Waals surface area contributed by atoms with Gasteiger partial charge in [0, 0.05) is 33.2 Å². The summed E-state index contributed by atoms with van der Waals surface area (Å²) in [7, 11) is -1.86. The number of halogens is 1. The Morgan fingerprint density at radius 2 is 1.62 bits per heavy atom. The van der Waals surface area contributed by atoms with Gasteiger partial charge in [0.25, 0.3) is 0 Å². The van der Waals surface area contributed by atoms with Crippen LogP contribution in [-0.2, 0) is 14.8 Å². The summed E-state index contributed by atoms with van der Waals surface area (Å²) in [6.45, 7) is 3.77. The Kier molecular flexibility index (Phi) is 6.66. The molecule has 0 N–H and O–H groups in total. The average molecular weight is 420 g/mol. The Hall–Kier alpha value is -2.29. The van der Waals surface area contributed by atoms with Crippen LogP contribution >= 0.6 is 0 Å². The third-order valence-electron chi connectivity index (χ3n) is 5.40. The largest absolute Gasteiger partial charge is 0.338 e. The first-order valence-electron chi connectivity index (χ1n) is 9.57. The van der Waals surface area contributed by atoms with Crippen LogP contribution in [0.15, 0.2) is 59.5 Å². The molecule has 0 radical (unpaired) electrons. The van der Waals surface area contributed by atoms with Crippen LogP contribution < -0.4 is 0 Å². The second-order valence-corrected chi connectivity index (χ2v) is 9.16. The van der Waals surface area contributed by atoms with Crippen LogP contribution in [0.5, 0.6) is 0 Å². The fourth-order valence-electron chi connectivity index (χ4n) is 3.36. The fraction of sp³-hybridized carbons (Fsp3) is 0.381. The van der Waals surface area contributed by atoms with E-state index in [1.54, 1.807) is 11.9 Å². The molecule has 2 aromatic rings. The smallest absolute Gasteiger partial charge is 0.243 e. The number of nitrogens with zero attached hydrogens (tertiary/aromatic N) is 3.